The summed E-state index contributed by atoms with van der Waals surface area (Å²) in [6.45, 7) is 2.78. The Hall–Kier alpha value is -2.17. The van der Waals surface area contributed by atoms with Gasteiger partial charge in [0.2, 0.25) is 0 Å². The van der Waals surface area contributed by atoms with Crippen molar-refractivity contribution in [3.05, 3.63) is 30.6 Å². The minimum absolute atomic E-state index is 0.170. The van der Waals surface area contributed by atoms with Crippen LogP contribution in [-0.2, 0) is 4.79 Å². The van der Waals surface area contributed by atoms with Gasteiger partial charge in [-0.1, -0.05) is 12.1 Å². The second-order valence-electron chi connectivity index (χ2n) is 5.32. The number of fused-ring (bicyclic) bond motifs is 1. The third-order valence-corrected chi connectivity index (χ3v) is 4.02. The number of para-hydroxylation sites is 1. The number of carboxylic acids is 1. The van der Waals surface area contributed by atoms with Crippen LogP contribution in [0.15, 0.2) is 30.6 Å². The van der Waals surface area contributed by atoms with Crippen LogP contribution >= 0.6 is 0 Å². The van der Waals surface area contributed by atoms with E-state index in [-0.39, 0.29) is 12.0 Å². The molecule has 5 nitrogen and oxygen atoms in total. The van der Waals surface area contributed by atoms with Crippen molar-refractivity contribution in [2.45, 2.75) is 25.8 Å². The first-order chi connectivity index (χ1) is 9.66. The first-order valence-corrected chi connectivity index (χ1v) is 6.86. The highest BCUT2D eigenvalue weighted by Gasteiger charge is 2.30. The number of hydrogen-bond donors (Lipinski definition) is 1. The predicted molar refractivity (Wildman–Crippen MR) is 76.7 cm³/mol. The summed E-state index contributed by atoms with van der Waals surface area (Å²) in [7, 11) is 0. The van der Waals surface area contributed by atoms with E-state index in [2.05, 4.69) is 21.8 Å². The number of nitrogens with zero attached hydrogens (tertiary/aromatic N) is 3. The van der Waals surface area contributed by atoms with E-state index in [0.29, 0.717) is 12.8 Å². The fourth-order valence-corrected chi connectivity index (χ4v) is 2.93. The van der Waals surface area contributed by atoms with Crippen molar-refractivity contribution in [3.8, 4) is 0 Å². The molecule has 3 rings (SSSR count). The third kappa shape index (κ3) is 2.19. The van der Waals surface area contributed by atoms with E-state index in [0.717, 1.165) is 23.3 Å². The maximum Gasteiger partial charge on any atom is 0.306 e. The molecule has 1 aliphatic rings. The normalized spacial score (nSPS) is 22.9. The lowest BCUT2D eigenvalue weighted by atomic mass is 9.91. The first kappa shape index (κ1) is 12.8. The van der Waals surface area contributed by atoms with Gasteiger partial charge in [0.25, 0.3) is 0 Å². The largest absolute Gasteiger partial charge is 0.481 e. The Morgan fingerprint density at radius 2 is 2.15 bits per heavy atom. The van der Waals surface area contributed by atoms with Gasteiger partial charge in [-0.05, 0) is 31.9 Å². The van der Waals surface area contributed by atoms with Crippen LogP contribution in [0.4, 0.5) is 5.82 Å². The van der Waals surface area contributed by atoms with E-state index in [4.69, 9.17) is 5.11 Å². The number of aliphatic carboxylic acids is 1. The topological polar surface area (TPSA) is 66.3 Å². The number of piperidine rings is 1. The van der Waals surface area contributed by atoms with Crippen LogP contribution in [0.1, 0.15) is 19.8 Å². The highest BCUT2D eigenvalue weighted by atomic mass is 16.4. The molecule has 5 heteroatoms. The quantitative estimate of drug-likeness (QED) is 0.908. The van der Waals surface area contributed by atoms with Crippen LogP contribution in [0.5, 0.6) is 0 Å². The Balaban J connectivity index is 1.94. The molecule has 2 heterocycles. The van der Waals surface area contributed by atoms with Gasteiger partial charge in [-0.15, -0.1) is 0 Å². The molecule has 20 heavy (non-hydrogen) atoms. The molecule has 104 valence electrons. The van der Waals surface area contributed by atoms with Gasteiger partial charge in [-0.2, -0.15) is 0 Å². The highest BCUT2D eigenvalue weighted by Crippen LogP contribution is 2.30. The molecule has 1 aliphatic heterocycles. The molecular formula is C15H17N3O2. The smallest absolute Gasteiger partial charge is 0.306 e. The van der Waals surface area contributed by atoms with Crippen molar-refractivity contribution in [2.24, 2.45) is 5.92 Å². The van der Waals surface area contributed by atoms with E-state index < -0.39 is 5.97 Å². The lowest BCUT2D eigenvalue weighted by Gasteiger charge is -2.37. The molecule has 0 amide bonds. The molecule has 2 unspecified atom stereocenters. The zero-order valence-corrected chi connectivity index (χ0v) is 11.4. The molecule has 0 aliphatic carbocycles. The fourth-order valence-electron chi connectivity index (χ4n) is 2.93. The first-order valence-electron chi connectivity index (χ1n) is 6.86. The van der Waals surface area contributed by atoms with Gasteiger partial charge in [-0.25, -0.2) is 9.97 Å². The molecule has 1 aromatic heterocycles. The second-order valence-corrected chi connectivity index (χ2v) is 5.32. The predicted octanol–water partition coefficient (Wildman–Crippen LogP) is 2.32. The molecule has 0 bridgehead atoms. The number of carbonyl (C=O) groups is 1. The molecule has 0 saturated carbocycles. The molecular weight excluding hydrogens is 254 g/mol. The van der Waals surface area contributed by atoms with Crippen molar-refractivity contribution in [1.82, 2.24) is 9.97 Å². The Labute approximate surface area is 117 Å². The van der Waals surface area contributed by atoms with Crippen LogP contribution in [0.25, 0.3) is 10.9 Å². The number of hydrogen-bond acceptors (Lipinski definition) is 4. The summed E-state index contributed by atoms with van der Waals surface area (Å²) in [5.74, 6) is -0.0228. The van der Waals surface area contributed by atoms with Gasteiger partial charge in [0.15, 0.2) is 0 Å². The van der Waals surface area contributed by atoms with E-state index in [1.165, 1.54) is 0 Å². The maximum absolute atomic E-state index is 11.1. The highest BCUT2D eigenvalue weighted by molar-refractivity contribution is 5.89. The standard InChI is InChI=1S/C15H17N3O2/c1-10-8-11(15(19)20)6-7-18(10)14-12-4-2-3-5-13(12)16-9-17-14/h2-5,9-11H,6-8H2,1H3,(H,19,20). The Morgan fingerprint density at radius 1 is 1.35 bits per heavy atom. The molecule has 2 aromatic rings. The number of rotatable bonds is 2. The van der Waals surface area contributed by atoms with Crippen LogP contribution in [0.2, 0.25) is 0 Å². The van der Waals surface area contributed by atoms with Gasteiger partial charge in [0, 0.05) is 18.0 Å². The molecule has 1 N–H and O–H groups in total. The van der Waals surface area contributed by atoms with E-state index in [1.807, 2.05) is 24.3 Å². The molecule has 0 spiro atoms. The van der Waals surface area contributed by atoms with Crippen molar-refractivity contribution >= 4 is 22.7 Å². The summed E-state index contributed by atoms with van der Waals surface area (Å²) < 4.78 is 0. The fraction of sp³-hybridized carbons (Fsp3) is 0.400. The lowest BCUT2D eigenvalue weighted by Crippen LogP contribution is -2.43. The third-order valence-electron chi connectivity index (χ3n) is 4.02. The minimum atomic E-state index is -0.691. The van der Waals surface area contributed by atoms with Gasteiger partial charge in [0.1, 0.15) is 12.1 Å². The zero-order chi connectivity index (χ0) is 14.1. The maximum atomic E-state index is 11.1. The van der Waals surface area contributed by atoms with Gasteiger partial charge in [-0.3, -0.25) is 4.79 Å². The average Bonchev–Trinajstić information content (AvgIpc) is 2.46. The molecule has 0 radical (unpaired) electrons. The van der Waals surface area contributed by atoms with Crippen LogP contribution < -0.4 is 4.90 Å². The Morgan fingerprint density at radius 3 is 2.90 bits per heavy atom. The van der Waals surface area contributed by atoms with Crippen molar-refractivity contribution in [3.63, 3.8) is 0 Å². The summed E-state index contributed by atoms with van der Waals surface area (Å²) in [6.07, 6.45) is 2.90. The summed E-state index contributed by atoms with van der Waals surface area (Å²) in [4.78, 5) is 22.0. The van der Waals surface area contributed by atoms with E-state index in [1.54, 1.807) is 6.33 Å². The van der Waals surface area contributed by atoms with Gasteiger partial charge in [0.05, 0.1) is 11.4 Å². The number of benzene rings is 1. The lowest BCUT2D eigenvalue weighted by molar-refractivity contribution is -0.142. The van der Waals surface area contributed by atoms with Crippen LogP contribution in [0, 0.1) is 5.92 Å². The van der Waals surface area contributed by atoms with Crippen molar-refractivity contribution < 1.29 is 9.90 Å². The Kier molecular flexibility index (Phi) is 3.26. The number of anilines is 1. The van der Waals surface area contributed by atoms with Crippen LogP contribution in [-0.4, -0.2) is 33.6 Å². The van der Waals surface area contributed by atoms with E-state index >= 15 is 0 Å². The molecule has 2 atom stereocenters. The average molecular weight is 271 g/mol. The molecule has 1 saturated heterocycles. The summed E-state index contributed by atoms with van der Waals surface area (Å²) in [5.41, 5.74) is 0.921. The second kappa shape index (κ2) is 5.07. The SMILES string of the molecule is CC1CC(C(=O)O)CCN1c1ncnc2ccccc12. The zero-order valence-electron chi connectivity index (χ0n) is 11.4. The molecule has 1 fully saturated rings. The monoisotopic (exact) mass is 271 g/mol. The van der Waals surface area contributed by atoms with Gasteiger partial charge >= 0.3 is 5.97 Å². The van der Waals surface area contributed by atoms with E-state index in [9.17, 15) is 4.79 Å². The summed E-state index contributed by atoms with van der Waals surface area (Å²) in [6, 6.07) is 8.09. The minimum Gasteiger partial charge on any atom is -0.481 e. The number of aromatic nitrogens is 2. The molecule has 1 aromatic carbocycles. The number of carboxylic acid groups (broad SMARTS) is 1. The van der Waals surface area contributed by atoms with Crippen LogP contribution in [0.3, 0.4) is 0 Å². The van der Waals surface area contributed by atoms with Crippen molar-refractivity contribution in [1.29, 1.82) is 0 Å². The van der Waals surface area contributed by atoms with Gasteiger partial charge < -0.3 is 10.0 Å². The Bertz CT molecular complexity index is 639. The summed E-state index contributed by atoms with van der Waals surface area (Å²) >= 11 is 0. The summed E-state index contributed by atoms with van der Waals surface area (Å²) in [5, 5.41) is 10.2. The van der Waals surface area contributed by atoms with Crippen molar-refractivity contribution in [2.75, 3.05) is 11.4 Å².